The molecule has 0 fully saturated rings. The van der Waals surface area contributed by atoms with E-state index in [0.29, 0.717) is 24.3 Å². The summed E-state index contributed by atoms with van der Waals surface area (Å²) in [5.74, 6) is 0.351. The Balaban J connectivity index is 1.66. The first kappa shape index (κ1) is 15.1. The van der Waals surface area contributed by atoms with E-state index >= 15 is 0 Å². The molecule has 5 nitrogen and oxygen atoms in total. The zero-order valence-corrected chi connectivity index (χ0v) is 12.7. The van der Waals surface area contributed by atoms with Gasteiger partial charge in [0.05, 0.1) is 19.3 Å². The molecule has 0 saturated heterocycles. The Bertz CT molecular complexity index is 741. The molecule has 0 spiro atoms. The smallest absolute Gasteiger partial charge is 0.337 e. The third-order valence-electron chi connectivity index (χ3n) is 3.80. The van der Waals surface area contributed by atoms with Crippen LogP contribution in [0.2, 0.25) is 0 Å². The minimum absolute atomic E-state index is 0.0509. The van der Waals surface area contributed by atoms with Gasteiger partial charge in [0.1, 0.15) is 5.75 Å². The molecule has 0 saturated carbocycles. The summed E-state index contributed by atoms with van der Waals surface area (Å²) >= 11 is 0. The summed E-state index contributed by atoms with van der Waals surface area (Å²) < 4.78 is 10.3. The number of hydrogen-bond acceptors (Lipinski definition) is 4. The molecule has 2 aromatic rings. The fraction of sp³-hybridized carbons (Fsp3) is 0.222. The molecule has 118 valence electrons. The zero-order valence-electron chi connectivity index (χ0n) is 12.7. The van der Waals surface area contributed by atoms with Crippen LogP contribution in [0.3, 0.4) is 0 Å². The van der Waals surface area contributed by atoms with E-state index in [9.17, 15) is 9.59 Å². The first-order valence-electron chi connectivity index (χ1n) is 7.37. The lowest BCUT2D eigenvalue weighted by Gasteiger charge is -2.10. The highest BCUT2D eigenvalue weighted by atomic mass is 16.5. The molecule has 0 radical (unpaired) electrons. The second-order valence-electron chi connectivity index (χ2n) is 5.37. The minimum Gasteiger partial charge on any atom is -0.493 e. The van der Waals surface area contributed by atoms with E-state index in [4.69, 9.17) is 4.74 Å². The standard InChI is InChI=1S/C18H17NO4/c1-22-18(21)12-5-4-6-14(9-12)19-17(20)10-13-11-23-16-8-3-2-7-15(13)16/h2-9,13H,10-11H2,1H3,(H,19,20). The van der Waals surface area contributed by atoms with Crippen molar-refractivity contribution in [3.63, 3.8) is 0 Å². The molecule has 3 rings (SSSR count). The van der Waals surface area contributed by atoms with Crippen molar-refractivity contribution in [3.05, 3.63) is 59.7 Å². The van der Waals surface area contributed by atoms with Gasteiger partial charge in [-0.25, -0.2) is 4.79 Å². The van der Waals surface area contributed by atoms with Crippen molar-refractivity contribution in [1.29, 1.82) is 0 Å². The molecule has 5 heteroatoms. The molecular weight excluding hydrogens is 294 g/mol. The normalized spacial score (nSPS) is 15.4. The van der Waals surface area contributed by atoms with Gasteiger partial charge >= 0.3 is 5.97 Å². The number of hydrogen-bond donors (Lipinski definition) is 1. The maximum absolute atomic E-state index is 12.2. The Morgan fingerprint density at radius 1 is 1.22 bits per heavy atom. The highest BCUT2D eigenvalue weighted by molar-refractivity contribution is 5.94. The van der Waals surface area contributed by atoms with Gasteiger partial charge in [0.2, 0.25) is 5.91 Å². The summed E-state index contributed by atoms with van der Waals surface area (Å²) in [5.41, 5.74) is 2.04. The van der Waals surface area contributed by atoms with Crippen molar-refractivity contribution in [1.82, 2.24) is 0 Å². The number of benzene rings is 2. The van der Waals surface area contributed by atoms with Crippen LogP contribution in [0.15, 0.2) is 48.5 Å². The first-order valence-corrected chi connectivity index (χ1v) is 7.37. The van der Waals surface area contributed by atoms with Crippen LogP contribution in [0.1, 0.15) is 28.3 Å². The number of fused-ring (bicyclic) bond motifs is 1. The van der Waals surface area contributed by atoms with Gasteiger partial charge in [0, 0.05) is 23.6 Å². The summed E-state index contributed by atoms with van der Waals surface area (Å²) in [6.07, 6.45) is 0.333. The van der Waals surface area contributed by atoms with E-state index in [1.165, 1.54) is 7.11 Å². The van der Waals surface area contributed by atoms with Crippen LogP contribution < -0.4 is 10.1 Å². The van der Waals surface area contributed by atoms with Crippen molar-refractivity contribution in [3.8, 4) is 5.75 Å². The van der Waals surface area contributed by atoms with E-state index in [0.717, 1.165) is 11.3 Å². The Morgan fingerprint density at radius 2 is 2.04 bits per heavy atom. The van der Waals surface area contributed by atoms with Crippen molar-refractivity contribution >= 4 is 17.6 Å². The van der Waals surface area contributed by atoms with Crippen molar-refractivity contribution in [2.24, 2.45) is 0 Å². The molecule has 0 bridgehead atoms. The fourth-order valence-electron chi connectivity index (χ4n) is 2.68. The van der Waals surface area contributed by atoms with Gasteiger partial charge in [-0.15, -0.1) is 0 Å². The largest absolute Gasteiger partial charge is 0.493 e. The van der Waals surface area contributed by atoms with Gasteiger partial charge in [-0.1, -0.05) is 24.3 Å². The summed E-state index contributed by atoms with van der Waals surface area (Å²) in [5, 5.41) is 2.82. The van der Waals surface area contributed by atoms with E-state index in [1.54, 1.807) is 24.3 Å². The molecular formula is C18H17NO4. The number of esters is 1. The SMILES string of the molecule is COC(=O)c1cccc(NC(=O)CC2COc3ccccc32)c1. The van der Waals surface area contributed by atoms with E-state index in [1.807, 2.05) is 24.3 Å². The summed E-state index contributed by atoms with van der Waals surface area (Å²) in [6.45, 7) is 0.509. The Kier molecular flexibility index (Phi) is 4.28. The Morgan fingerprint density at radius 3 is 2.87 bits per heavy atom. The minimum atomic E-state index is -0.431. The molecule has 1 unspecified atom stereocenters. The average molecular weight is 311 g/mol. The molecule has 1 atom stereocenters. The molecule has 23 heavy (non-hydrogen) atoms. The molecule has 2 aromatic carbocycles. The molecule has 0 aliphatic carbocycles. The van der Waals surface area contributed by atoms with Crippen molar-refractivity contribution in [2.45, 2.75) is 12.3 Å². The number of nitrogens with one attached hydrogen (secondary N) is 1. The lowest BCUT2D eigenvalue weighted by molar-refractivity contribution is -0.116. The second kappa shape index (κ2) is 6.52. The number of ether oxygens (including phenoxy) is 2. The van der Waals surface area contributed by atoms with Crippen LogP contribution in [-0.4, -0.2) is 25.6 Å². The van der Waals surface area contributed by atoms with Gasteiger partial charge in [0.15, 0.2) is 0 Å². The van der Waals surface area contributed by atoms with Crippen LogP contribution in [0.5, 0.6) is 5.75 Å². The zero-order chi connectivity index (χ0) is 16.2. The highest BCUT2D eigenvalue weighted by Gasteiger charge is 2.25. The summed E-state index contributed by atoms with van der Waals surface area (Å²) in [4.78, 5) is 23.8. The van der Waals surface area contributed by atoms with Crippen LogP contribution >= 0.6 is 0 Å². The van der Waals surface area contributed by atoms with Gasteiger partial charge in [-0.05, 0) is 24.3 Å². The molecule has 1 aliphatic rings. The van der Waals surface area contributed by atoms with Crippen LogP contribution in [0.25, 0.3) is 0 Å². The number of carbonyl (C=O) groups is 2. The average Bonchev–Trinajstić information content (AvgIpc) is 2.97. The lowest BCUT2D eigenvalue weighted by atomic mass is 9.97. The molecule has 1 heterocycles. The molecule has 1 aliphatic heterocycles. The van der Waals surface area contributed by atoms with Gasteiger partial charge < -0.3 is 14.8 Å². The Hall–Kier alpha value is -2.82. The van der Waals surface area contributed by atoms with E-state index < -0.39 is 5.97 Å². The first-order chi connectivity index (χ1) is 11.2. The lowest BCUT2D eigenvalue weighted by Crippen LogP contribution is -2.16. The Labute approximate surface area is 134 Å². The molecule has 1 N–H and O–H groups in total. The molecule has 0 aromatic heterocycles. The van der Waals surface area contributed by atoms with Crippen LogP contribution in [0, 0.1) is 0 Å². The number of carbonyl (C=O) groups excluding carboxylic acids is 2. The number of para-hydroxylation sites is 1. The van der Waals surface area contributed by atoms with E-state index in [2.05, 4.69) is 10.1 Å². The molecule has 1 amide bonds. The number of anilines is 1. The predicted octanol–water partition coefficient (Wildman–Crippen LogP) is 2.98. The maximum atomic E-state index is 12.2. The number of amides is 1. The third-order valence-corrected chi connectivity index (χ3v) is 3.80. The monoisotopic (exact) mass is 311 g/mol. The van der Waals surface area contributed by atoms with Gasteiger partial charge in [0.25, 0.3) is 0 Å². The third kappa shape index (κ3) is 3.34. The predicted molar refractivity (Wildman–Crippen MR) is 85.7 cm³/mol. The van der Waals surface area contributed by atoms with Gasteiger partial charge in [-0.3, -0.25) is 4.79 Å². The summed E-state index contributed by atoms with van der Waals surface area (Å²) in [7, 11) is 1.32. The number of methoxy groups -OCH3 is 1. The topological polar surface area (TPSA) is 64.6 Å². The second-order valence-corrected chi connectivity index (χ2v) is 5.37. The number of rotatable bonds is 4. The quantitative estimate of drug-likeness (QED) is 0.882. The van der Waals surface area contributed by atoms with E-state index in [-0.39, 0.29) is 11.8 Å². The maximum Gasteiger partial charge on any atom is 0.337 e. The van der Waals surface area contributed by atoms with Crippen LogP contribution in [-0.2, 0) is 9.53 Å². The van der Waals surface area contributed by atoms with Crippen molar-refractivity contribution < 1.29 is 19.1 Å². The summed E-state index contributed by atoms with van der Waals surface area (Å²) in [6, 6.07) is 14.4. The van der Waals surface area contributed by atoms with Crippen LogP contribution in [0.4, 0.5) is 5.69 Å². The van der Waals surface area contributed by atoms with Crippen molar-refractivity contribution in [2.75, 3.05) is 19.0 Å². The van der Waals surface area contributed by atoms with Gasteiger partial charge in [-0.2, -0.15) is 0 Å². The fourth-order valence-corrected chi connectivity index (χ4v) is 2.68. The highest BCUT2D eigenvalue weighted by Crippen LogP contribution is 2.35.